The average molecular weight is 162 g/mol. The van der Waals surface area contributed by atoms with E-state index in [2.05, 4.69) is 22.1 Å². The Bertz CT molecular complexity index is 238. The number of aromatic nitrogens is 1. The van der Waals surface area contributed by atoms with Crippen molar-refractivity contribution in [3.8, 4) is 11.8 Å². The van der Waals surface area contributed by atoms with Crippen molar-refractivity contribution in [3.05, 3.63) is 24.4 Å². The highest BCUT2D eigenvalue weighted by Gasteiger charge is 1.79. The molecule has 0 atom stereocenters. The molecular weight excluding hydrogens is 148 g/mol. The van der Waals surface area contributed by atoms with Crippen LogP contribution in [0.3, 0.4) is 0 Å². The summed E-state index contributed by atoms with van der Waals surface area (Å²) < 4.78 is 0. The Labute approximate surface area is 74.0 Å². The van der Waals surface area contributed by atoms with Gasteiger partial charge in [0.05, 0.1) is 0 Å². The molecule has 0 aliphatic rings. The summed E-state index contributed by atoms with van der Waals surface area (Å²) in [6.07, 6.45) is 1.76. The van der Waals surface area contributed by atoms with Gasteiger partial charge in [-0.3, -0.25) is 0 Å². The number of hydrogen-bond donors (Lipinski definition) is 1. The van der Waals surface area contributed by atoms with Gasteiger partial charge in [-0.05, 0) is 26.0 Å². The maximum absolute atomic E-state index is 3.99. The Balaban J connectivity index is 0.000000261. The molecule has 0 saturated carbocycles. The molecule has 2 heteroatoms. The van der Waals surface area contributed by atoms with Crippen LogP contribution >= 0.6 is 0 Å². The number of hydrogen-bond acceptors (Lipinski definition) is 2. The molecule has 1 N–H and O–H groups in total. The lowest BCUT2D eigenvalue weighted by molar-refractivity contribution is 1.29. The minimum absolute atomic E-state index is 0.910. The van der Waals surface area contributed by atoms with E-state index in [1.54, 1.807) is 6.20 Å². The van der Waals surface area contributed by atoms with Crippen LogP contribution in [0.1, 0.15) is 13.8 Å². The molecule has 64 valence electrons. The van der Waals surface area contributed by atoms with Crippen molar-refractivity contribution in [3.63, 3.8) is 0 Å². The van der Waals surface area contributed by atoms with E-state index in [-0.39, 0.29) is 0 Å². The van der Waals surface area contributed by atoms with E-state index in [1.165, 1.54) is 0 Å². The molecule has 0 aliphatic heterocycles. The molecular formula is C10H14N2. The normalized spacial score (nSPS) is 6.92. The van der Waals surface area contributed by atoms with E-state index in [0.717, 1.165) is 5.82 Å². The van der Waals surface area contributed by atoms with Gasteiger partial charge in [0.1, 0.15) is 5.82 Å². The summed E-state index contributed by atoms with van der Waals surface area (Å²) in [4.78, 5) is 3.99. The average Bonchev–Trinajstić information content (AvgIpc) is 2.19. The number of nitrogens with one attached hydrogen (secondary N) is 1. The van der Waals surface area contributed by atoms with Gasteiger partial charge >= 0.3 is 0 Å². The predicted octanol–water partition coefficient (Wildman–Crippen LogP) is 2.15. The summed E-state index contributed by atoms with van der Waals surface area (Å²) in [7, 11) is 1.85. The van der Waals surface area contributed by atoms with E-state index in [0.29, 0.717) is 0 Å². The van der Waals surface area contributed by atoms with Crippen LogP contribution in [0, 0.1) is 11.8 Å². The molecule has 0 aromatic carbocycles. The Morgan fingerprint density at radius 3 is 2.17 bits per heavy atom. The van der Waals surface area contributed by atoms with Crippen LogP contribution in [0.5, 0.6) is 0 Å². The van der Waals surface area contributed by atoms with Crippen LogP contribution in [0.4, 0.5) is 5.82 Å². The first-order chi connectivity index (χ1) is 5.85. The van der Waals surface area contributed by atoms with Crippen LogP contribution in [-0.4, -0.2) is 12.0 Å². The van der Waals surface area contributed by atoms with Gasteiger partial charge in [-0.15, -0.1) is 11.8 Å². The highest BCUT2D eigenvalue weighted by atomic mass is 14.9. The summed E-state index contributed by atoms with van der Waals surface area (Å²) in [5.74, 6) is 6.27. The van der Waals surface area contributed by atoms with Crippen LogP contribution in [-0.2, 0) is 0 Å². The van der Waals surface area contributed by atoms with Gasteiger partial charge in [0.25, 0.3) is 0 Å². The van der Waals surface area contributed by atoms with Gasteiger partial charge in [-0.1, -0.05) is 6.07 Å². The Kier molecular flexibility index (Phi) is 6.67. The summed E-state index contributed by atoms with van der Waals surface area (Å²) in [6, 6.07) is 5.75. The highest BCUT2D eigenvalue weighted by molar-refractivity contribution is 5.31. The van der Waals surface area contributed by atoms with E-state index in [1.807, 2.05) is 39.1 Å². The quantitative estimate of drug-likeness (QED) is 0.640. The molecule has 1 heterocycles. The van der Waals surface area contributed by atoms with Gasteiger partial charge in [0.2, 0.25) is 0 Å². The minimum atomic E-state index is 0.910. The number of anilines is 1. The maximum atomic E-state index is 3.99. The first-order valence-corrected chi connectivity index (χ1v) is 3.77. The Hall–Kier alpha value is -1.49. The lowest BCUT2D eigenvalue weighted by atomic mass is 10.5. The van der Waals surface area contributed by atoms with Gasteiger partial charge < -0.3 is 5.32 Å². The molecule has 12 heavy (non-hydrogen) atoms. The molecule has 0 bridgehead atoms. The molecule has 0 aliphatic carbocycles. The Morgan fingerprint density at radius 1 is 1.25 bits per heavy atom. The summed E-state index contributed by atoms with van der Waals surface area (Å²) in [6.45, 7) is 3.64. The molecule has 0 saturated heterocycles. The van der Waals surface area contributed by atoms with Crippen molar-refractivity contribution in [1.29, 1.82) is 0 Å². The lowest BCUT2D eigenvalue weighted by Gasteiger charge is -1.92. The van der Waals surface area contributed by atoms with E-state index in [4.69, 9.17) is 0 Å². The third-order valence-electron chi connectivity index (χ3n) is 1.17. The minimum Gasteiger partial charge on any atom is -0.373 e. The molecule has 0 radical (unpaired) electrons. The molecule has 1 rings (SSSR count). The third-order valence-corrected chi connectivity index (χ3v) is 1.17. The van der Waals surface area contributed by atoms with Crippen molar-refractivity contribution >= 4 is 5.82 Å². The highest BCUT2D eigenvalue weighted by Crippen LogP contribution is 1.95. The summed E-state index contributed by atoms with van der Waals surface area (Å²) >= 11 is 0. The van der Waals surface area contributed by atoms with Crippen molar-refractivity contribution in [2.45, 2.75) is 13.8 Å². The van der Waals surface area contributed by atoms with Gasteiger partial charge in [0.15, 0.2) is 0 Å². The summed E-state index contributed by atoms with van der Waals surface area (Å²) in [5, 5.41) is 2.92. The topological polar surface area (TPSA) is 24.9 Å². The molecule has 0 fully saturated rings. The Morgan fingerprint density at radius 2 is 1.92 bits per heavy atom. The van der Waals surface area contributed by atoms with Crippen LogP contribution < -0.4 is 5.32 Å². The van der Waals surface area contributed by atoms with E-state index < -0.39 is 0 Å². The molecule has 0 unspecified atom stereocenters. The van der Waals surface area contributed by atoms with Crippen molar-refractivity contribution in [1.82, 2.24) is 4.98 Å². The molecule has 0 spiro atoms. The first kappa shape index (κ1) is 10.5. The van der Waals surface area contributed by atoms with Crippen LogP contribution in [0.2, 0.25) is 0 Å². The largest absolute Gasteiger partial charge is 0.373 e. The molecule has 1 aromatic rings. The fourth-order valence-electron chi connectivity index (χ4n) is 0.511. The van der Waals surface area contributed by atoms with Gasteiger partial charge in [0, 0.05) is 13.2 Å². The second-order valence-corrected chi connectivity index (χ2v) is 1.96. The van der Waals surface area contributed by atoms with Crippen LogP contribution in [0.15, 0.2) is 24.4 Å². The zero-order valence-corrected chi connectivity index (χ0v) is 7.76. The molecule has 0 amide bonds. The SMILES string of the molecule is CC#CC.CNc1ccccn1. The fourth-order valence-corrected chi connectivity index (χ4v) is 0.511. The second kappa shape index (κ2) is 7.62. The van der Waals surface area contributed by atoms with E-state index in [9.17, 15) is 0 Å². The van der Waals surface area contributed by atoms with Crippen molar-refractivity contribution in [2.75, 3.05) is 12.4 Å². The van der Waals surface area contributed by atoms with Crippen LogP contribution in [0.25, 0.3) is 0 Å². The molecule has 2 nitrogen and oxygen atoms in total. The maximum Gasteiger partial charge on any atom is 0.125 e. The van der Waals surface area contributed by atoms with Gasteiger partial charge in [-0.2, -0.15) is 0 Å². The van der Waals surface area contributed by atoms with Gasteiger partial charge in [-0.25, -0.2) is 4.98 Å². The number of nitrogens with zero attached hydrogens (tertiary/aromatic N) is 1. The summed E-state index contributed by atoms with van der Waals surface area (Å²) in [5.41, 5.74) is 0. The first-order valence-electron chi connectivity index (χ1n) is 3.77. The zero-order chi connectivity index (χ0) is 9.23. The standard InChI is InChI=1S/C6H8N2.C4H6/c1-7-6-4-2-3-5-8-6;1-3-4-2/h2-5H,1H3,(H,7,8);1-2H3. The fraction of sp³-hybridized carbons (Fsp3) is 0.300. The molecule has 1 aromatic heterocycles. The number of pyridine rings is 1. The van der Waals surface area contributed by atoms with Crippen molar-refractivity contribution in [2.24, 2.45) is 0 Å². The van der Waals surface area contributed by atoms with Crippen molar-refractivity contribution < 1.29 is 0 Å². The third kappa shape index (κ3) is 5.31. The van der Waals surface area contributed by atoms with E-state index >= 15 is 0 Å². The zero-order valence-electron chi connectivity index (χ0n) is 7.76. The smallest absolute Gasteiger partial charge is 0.125 e. The number of rotatable bonds is 1. The monoisotopic (exact) mass is 162 g/mol. The second-order valence-electron chi connectivity index (χ2n) is 1.96. The lowest BCUT2D eigenvalue weighted by Crippen LogP contribution is -1.88. The predicted molar refractivity (Wildman–Crippen MR) is 52.9 cm³/mol.